The Morgan fingerprint density at radius 3 is 3.06 bits per heavy atom. The molecule has 0 aliphatic carbocycles. The molecule has 2 aromatic rings. The van der Waals surface area contributed by atoms with Crippen LogP contribution in [0.5, 0.6) is 0 Å². The molecule has 0 spiro atoms. The Kier molecular flexibility index (Phi) is 3.06. The molecule has 1 aromatic heterocycles. The molecule has 88 valence electrons. The number of nitrogens with one attached hydrogen (secondary N) is 1. The highest BCUT2D eigenvalue weighted by Gasteiger charge is 2.14. The van der Waals surface area contributed by atoms with Crippen molar-refractivity contribution in [3.05, 3.63) is 42.1 Å². The Bertz CT molecular complexity index is 499. The topological polar surface area (TPSA) is 24.9 Å². The van der Waals surface area contributed by atoms with Gasteiger partial charge in [-0.05, 0) is 56.0 Å². The predicted octanol–water partition coefficient (Wildman–Crippen LogP) is 3.09. The molecule has 1 aromatic carbocycles. The lowest BCUT2D eigenvalue weighted by Crippen LogP contribution is -2.13. The maximum Gasteiger partial charge on any atom is 0.0702 e. The van der Waals surface area contributed by atoms with Gasteiger partial charge in [0, 0.05) is 11.6 Å². The van der Waals surface area contributed by atoms with Crippen LogP contribution in [0, 0.1) is 0 Å². The SMILES string of the molecule is c1ccc2ncc(C3CCCNCC3)cc2c1. The van der Waals surface area contributed by atoms with E-state index in [4.69, 9.17) is 0 Å². The molecule has 0 radical (unpaired) electrons. The fourth-order valence-corrected chi connectivity index (χ4v) is 2.66. The van der Waals surface area contributed by atoms with Crippen molar-refractivity contribution in [1.29, 1.82) is 0 Å². The Balaban J connectivity index is 1.93. The van der Waals surface area contributed by atoms with Gasteiger partial charge in [-0.3, -0.25) is 4.98 Å². The lowest BCUT2D eigenvalue weighted by molar-refractivity contribution is 0.608. The van der Waals surface area contributed by atoms with Crippen LogP contribution in [0.3, 0.4) is 0 Å². The molecule has 0 amide bonds. The summed E-state index contributed by atoms with van der Waals surface area (Å²) in [6.07, 6.45) is 5.86. The molecule has 1 aliphatic heterocycles. The van der Waals surface area contributed by atoms with Gasteiger partial charge in [0.2, 0.25) is 0 Å². The summed E-state index contributed by atoms with van der Waals surface area (Å²) in [5.74, 6) is 0.683. The first-order valence-electron chi connectivity index (χ1n) is 6.49. The molecule has 17 heavy (non-hydrogen) atoms. The first kappa shape index (κ1) is 10.7. The van der Waals surface area contributed by atoms with Crippen molar-refractivity contribution < 1.29 is 0 Å². The van der Waals surface area contributed by atoms with E-state index >= 15 is 0 Å². The maximum atomic E-state index is 4.57. The van der Waals surface area contributed by atoms with Crippen molar-refractivity contribution in [2.75, 3.05) is 13.1 Å². The van der Waals surface area contributed by atoms with Crippen LogP contribution in [-0.4, -0.2) is 18.1 Å². The molecule has 0 bridgehead atoms. The normalized spacial score (nSPS) is 21.3. The van der Waals surface area contributed by atoms with Crippen LogP contribution in [0.25, 0.3) is 10.9 Å². The van der Waals surface area contributed by atoms with Gasteiger partial charge in [0.05, 0.1) is 5.52 Å². The second-order valence-electron chi connectivity index (χ2n) is 4.84. The molecule has 2 heterocycles. The molecule has 0 saturated carbocycles. The number of rotatable bonds is 1. The Labute approximate surface area is 102 Å². The Morgan fingerprint density at radius 1 is 1.12 bits per heavy atom. The second-order valence-corrected chi connectivity index (χ2v) is 4.84. The van der Waals surface area contributed by atoms with Gasteiger partial charge in [-0.25, -0.2) is 0 Å². The molecule has 1 atom stereocenters. The van der Waals surface area contributed by atoms with Gasteiger partial charge >= 0.3 is 0 Å². The first-order chi connectivity index (χ1) is 8.43. The number of aromatic nitrogens is 1. The van der Waals surface area contributed by atoms with Gasteiger partial charge in [0.15, 0.2) is 0 Å². The third-order valence-electron chi connectivity index (χ3n) is 3.66. The minimum absolute atomic E-state index is 0.683. The third-order valence-corrected chi connectivity index (χ3v) is 3.66. The zero-order valence-electron chi connectivity index (χ0n) is 10.0. The number of para-hydroxylation sites is 1. The van der Waals surface area contributed by atoms with Gasteiger partial charge in [0.25, 0.3) is 0 Å². The average Bonchev–Trinajstić information content (AvgIpc) is 2.67. The fraction of sp³-hybridized carbons (Fsp3) is 0.400. The standard InChI is InChI=1S/C15H18N2/c1-2-6-15-13(4-1)10-14(11-17-15)12-5-3-8-16-9-7-12/h1-2,4,6,10-12,16H,3,5,7-9H2. The van der Waals surface area contributed by atoms with E-state index < -0.39 is 0 Å². The molecule has 2 nitrogen and oxygen atoms in total. The highest BCUT2D eigenvalue weighted by atomic mass is 14.8. The molecular formula is C15H18N2. The molecule has 1 unspecified atom stereocenters. The van der Waals surface area contributed by atoms with Crippen molar-refractivity contribution >= 4 is 10.9 Å². The van der Waals surface area contributed by atoms with Crippen LogP contribution in [0.4, 0.5) is 0 Å². The third kappa shape index (κ3) is 2.32. The smallest absolute Gasteiger partial charge is 0.0702 e. The van der Waals surface area contributed by atoms with E-state index in [1.165, 1.54) is 30.2 Å². The molecule has 1 aliphatic rings. The fourth-order valence-electron chi connectivity index (χ4n) is 2.66. The number of nitrogens with zero attached hydrogens (tertiary/aromatic N) is 1. The number of fused-ring (bicyclic) bond motifs is 1. The number of benzene rings is 1. The van der Waals surface area contributed by atoms with Crippen LogP contribution in [-0.2, 0) is 0 Å². The van der Waals surface area contributed by atoms with E-state index in [1.54, 1.807) is 0 Å². The van der Waals surface area contributed by atoms with Crippen molar-refractivity contribution in [3.63, 3.8) is 0 Å². The van der Waals surface area contributed by atoms with Crippen LogP contribution in [0.2, 0.25) is 0 Å². The van der Waals surface area contributed by atoms with E-state index in [2.05, 4.69) is 40.8 Å². The van der Waals surface area contributed by atoms with Gasteiger partial charge in [0.1, 0.15) is 0 Å². The lowest BCUT2D eigenvalue weighted by atomic mass is 9.92. The summed E-state index contributed by atoms with van der Waals surface area (Å²) in [5, 5.41) is 4.73. The van der Waals surface area contributed by atoms with Gasteiger partial charge < -0.3 is 5.32 Å². The number of hydrogen-bond donors (Lipinski definition) is 1. The first-order valence-corrected chi connectivity index (χ1v) is 6.49. The molecule has 2 heteroatoms. The van der Waals surface area contributed by atoms with Crippen LogP contribution in [0.15, 0.2) is 36.5 Å². The molecule has 1 saturated heterocycles. The van der Waals surface area contributed by atoms with E-state index in [0.717, 1.165) is 18.6 Å². The molecular weight excluding hydrogens is 208 g/mol. The minimum Gasteiger partial charge on any atom is -0.317 e. The lowest BCUT2D eigenvalue weighted by Gasteiger charge is -2.14. The zero-order chi connectivity index (χ0) is 11.5. The Hall–Kier alpha value is -1.41. The van der Waals surface area contributed by atoms with Gasteiger partial charge in [-0.1, -0.05) is 18.2 Å². The van der Waals surface area contributed by atoms with E-state index in [-0.39, 0.29) is 0 Å². The summed E-state index contributed by atoms with van der Waals surface area (Å²) in [6, 6.07) is 10.7. The highest BCUT2D eigenvalue weighted by Crippen LogP contribution is 2.27. The summed E-state index contributed by atoms with van der Waals surface area (Å²) in [5.41, 5.74) is 2.51. The number of hydrogen-bond acceptors (Lipinski definition) is 2. The van der Waals surface area contributed by atoms with E-state index in [0.29, 0.717) is 5.92 Å². The predicted molar refractivity (Wildman–Crippen MR) is 71.2 cm³/mol. The second kappa shape index (κ2) is 4.84. The molecule has 1 fully saturated rings. The summed E-state index contributed by atoms with van der Waals surface area (Å²) in [7, 11) is 0. The quantitative estimate of drug-likeness (QED) is 0.808. The van der Waals surface area contributed by atoms with Crippen molar-refractivity contribution in [3.8, 4) is 0 Å². The molecule has 1 N–H and O–H groups in total. The zero-order valence-corrected chi connectivity index (χ0v) is 10.0. The van der Waals surface area contributed by atoms with Crippen molar-refractivity contribution in [1.82, 2.24) is 10.3 Å². The summed E-state index contributed by atoms with van der Waals surface area (Å²) in [6.45, 7) is 2.30. The van der Waals surface area contributed by atoms with Crippen molar-refractivity contribution in [2.45, 2.75) is 25.2 Å². The number of pyridine rings is 1. The largest absolute Gasteiger partial charge is 0.317 e. The molecule has 3 rings (SSSR count). The van der Waals surface area contributed by atoms with Crippen LogP contribution >= 0.6 is 0 Å². The summed E-state index contributed by atoms with van der Waals surface area (Å²) >= 11 is 0. The highest BCUT2D eigenvalue weighted by molar-refractivity contribution is 5.78. The van der Waals surface area contributed by atoms with Gasteiger partial charge in [-0.15, -0.1) is 0 Å². The monoisotopic (exact) mass is 226 g/mol. The summed E-state index contributed by atoms with van der Waals surface area (Å²) < 4.78 is 0. The Morgan fingerprint density at radius 2 is 2.06 bits per heavy atom. The average molecular weight is 226 g/mol. The van der Waals surface area contributed by atoms with E-state index in [1.807, 2.05) is 6.07 Å². The van der Waals surface area contributed by atoms with Crippen LogP contribution < -0.4 is 5.32 Å². The van der Waals surface area contributed by atoms with Crippen molar-refractivity contribution in [2.24, 2.45) is 0 Å². The minimum atomic E-state index is 0.683. The maximum absolute atomic E-state index is 4.57. The van der Waals surface area contributed by atoms with E-state index in [9.17, 15) is 0 Å². The van der Waals surface area contributed by atoms with Crippen LogP contribution in [0.1, 0.15) is 30.7 Å². The van der Waals surface area contributed by atoms with Gasteiger partial charge in [-0.2, -0.15) is 0 Å². The summed E-state index contributed by atoms with van der Waals surface area (Å²) in [4.78, 5) is 4.57.